The standard InChI is InChI=1S/C25H38F4O2.C25H42O4.C25H38O4.C24H36F4O2/c1-15(5-10-21(30)31-4)18-8-9-19-17-7-6-16-13-24(26,27)12-11-22(16,2)20(17)14-25(28,29)23(18,19)3;2*1-15(5-10-23(28)29-4)19-8-9-20-18-7-6-16-13-17(26)11-12-24(16,2)21(18)14-22(27)25(19,20)3;1-14(4-9-20(29)30)17-7-8-18-16-6-5-15-12-23(25,26)11-10-21(15,2)19(16)13-24(27,28)22(17,18)3/h15-20H,5-14H2,1-4H3;15-22,26-27H,5-14H2,1-4H3;15-16,18-21H,5-14H2,1-4H3;14-19H,4-13H2,1-3H3,(H,29,30)/t15-,16-,17+,18?,19+,20+,22+,23-;15-,16-,17-,18+,19?,20+,21+,22+,24+,25-;15-,16-,18+,19?,20+,21+,24+,25-;14-,15-,16+,17?,18+,19+,21+,22-/m1111/s1. The van der Waals surface area contributed by atoms with Gasteiger partial charge in [-0.25, -0.2) is 35.1 Å². The Hall–Kier alpha value is -3.42. The normalized spacial score (nSPS) is 47.3. The van der Waals surface area contributed by atoms with Crippen molar-refractivity contribution >= 4 is 35.4 Å². The van der Waals surface area contributed by atoms with Gasteiger partial charge in [-0.2, -0.15) is 0 Å². The van der Waals surface area contributed by atoms with Crippen molar-refractivity contribution in [1.82, 2.24) is 0 Å². The molecule has 0 aromatic heterocycles. The van der Waals surface area contributed by atoms with Gasteiger partial charge in [-0.1, -0.05) is 83.1 Å². The van der Waals surface area contributed by atoms with Crippen LogP contribution in [0.15, 0.2) is 0 Å². The third-order valence-electron chi connectivity index (χ3n) is 41.5. The van der Waals surface area contributed by atoms with Gasteiger partial charge in [0.15, 0.2) is 0 Å². The summed E-state index contributed by atoms with van der Waals surface area (Å²) < 4.78 is 135. The molecule has 20 heteroatoms. The number of aliphatic hydroxyl groups excluding tert-OH is 2. The Bertz CT molecular complexity index is 3650. The van der Waals surface area contributed by atoms with E-state index >= 15 is 17.6 Å². The minimum absolute atomic E-state index is 0.0179. The lowest BCUT2D eigenvalue weighted by Crippen LogP contribution is -2.61. The smallest absolute Gasteiger partial charge is 0.305 e. The first kappa shape index (κ1) is 93.2. The van der Waals surface area contributed by atoms with Crippen LogP contribution in [0.5, 0.6) is 0 Å². The van der Waals surface area contributed by atoms with Crippen LogP contribution in [0.1, 0.15) is 340 Å². The molecule has 0 aromatic carbocycles. The fraction of sp³-hybridized carbons (Fsp3) is 0.939. The summed E-state index contributed by atoms with van der Waals surface area (Å²) in [5.74, 6) is -5.98. The highest BCUT2D eigenvalue weighted by molar-refractivity contribution is 5.87. The molecule has 678 valence electrons. The number of rotatable bonds is 16. The van der Waals surface area contributed by atoms with Crippen molar-refractivity contribution in [2.24, 2.45) is 185 Å². The first-order valence-electron chi connectivity index (χ1n) is 47.9. The van der Waals surface area contributed by atoms with Crippen LogP contribution in [-0.2, 0) is 43.0 Å². The van der Waals surface area contributed by atoms with Gasteiger partial charge in [0.05, 0.1) is 33.5 Å². The monoisotopic (exact) mass is 1690 g/mol. The van der Waals surface area contributed by atoms with E-state index in [1.54, 1.807) is 13.8 Å². The highest BCUT2D eigenvalue weighted by atomic mass is 19.3. The van der Waals surface area contributed by atoms with Crippen molar-refractivity contribution in [3.8, 4) is 0 Å². The summed E-state index contributed by atoms with van der Waals surface area (Å²) in [6, 6.07) is 0. The predicted octanol–water partition coefficient (Wildman–Crippen LogP) is 23.7. The number of halogens is 8. The van der Waals surface area contributed by atoms with Gasteiger partial charge >= 0.3 is 23.9 Å². The maximum Gasteiger partial charge on any atom is 0.305 e. The Morgan fingerprint density at radius 1 is 0.387 bits per heavy atom. The summed E-state index contributed by atoms with van der Waals surface area (Å²) in [5.41, 5.74) is -2.80. The fourth-order valence-electron chi connectivity index (χ4n) is 34.4. The van der Waals surface area contributed by atoms with Crippen molar-refractivity contribution < 1.29 is 93.4 Å². The van der Waals surface area contributed by atoms with Gasteiger partial charge in [0.2, 0.25) is 11.8 Å². The molecule has 0 spiro atoms. The van der Waals surface area contributed by atoms with Crippen LogP contribution in [-0.4, -0.2) is 108 Å². The van der Waals surface area contributed by atoms with Crippen LogP contribution in [0.2, 0.25) is 0 Å². The van der Waals surface area contributed by atoms with Crippen LogP contribution >= 0.6 is 0 Å². The van der Waals surface area contributed by atoms with Gasteiger partial charge in [0.25, 0.3) is 11.8 Å². The molecule has 0 radical (unpaired) electrons. The maximum absolute atomic E-state index is 16.0. The van der Waals surface area contributed by atoms with E-state index in [2.05, 4.69) is 41.5 Å². The summed E-state index contributed by atoms with van der Waals surface area (Å²) in [6.45, 7) is 25.5. The topological polar surface area (TPSA) is 191 Å². The van der Waals surface area contributed by atoms with E-state index in [1.165, 1.54) is 53.4 Å². The van der Waals surface area contributed by atoms with Gasteiger partial charge in [-0.3, -0.25) is 28.8 Å². The van der Waals surface area contributed by atoms with Gasteiger partial charge in [-0.15, -0.1) is 0 Å². The minimum atomic E-state index is -2.84. The molecular formula is C99H154F8O12. The van der Waals surface area contributed by atoms with Gasteiger partial charge in [0.1, 0.15) is 11.6 Å². The van der Waals surface area contributed by atoms with E-state index in [1.807, 2.05) is 27.7 Å². The molecule has 16 fully saturated rings. The Morgan fingerprint density at radius 3 is 1.25 bits per heavy atom. The zero-order valence-electron chi connectivity index (χ0n) is 75.3. The summed E-state index contributed by atoms with van der Waals surface area (Å²) in [7, 11) is 4.26. The molecule has 16 aliphatic carbocycles. The van der Waals surface area contributed by atoms with Gasteiger partial charge in [0, 0.05) is 99.7 Å². The number of carbonyl (C=O) groups is 6. The first-order chi connectivity index (χ1) is 55.6. The Kier molecular flexibility index (Phi) is 26.9. The van der Waals surface area contributed by atoms with Crippen molar-refractivity contribution in [1.29, 1.82) is 0 Å². The first-order valence-corrected chi connectivity index (χ1v) is 47.9. The number of esters is 3. The van der Waals surface area contributed by atoms with Crippen molar-refractivity contribution in [3.63, 3.8) is 0 Å². The SMILES string of the molecule is COC(=O)CC[C@@H](C)C1CC[C@H]2[C@@H]3CC[C@@H]4CC(=O)CC[C@]4(C)[C@H]3CC(=O)[C@]12C.COC(=O)CC[C@@H](C)C1CC[C@H]2[C@@H]3CC[C@@H]4CC(F)(F)CC[C@]4(C)[C@H]3CC(F)(F)[C@]12C.COC(=O)CC[C@@H](C)C1CC[C@H]2[C@@H]3CC[C@@H]4C[C@H](O)CC[C@]4(C)[C@H]3C[C@H](O)[C@]12C.C[C@H](CCC(=O)O)C1CC[C@H]2[C@@H]3CC[C@@H]4CC(F)(F)CC[C@]4(C)[C@H]3CC(F)(F)[C@]12C. The van der Waals surface area contributed by atoms with E-state index in [-0.39, 0.29) is 169 Å². The second kappa shape index (κ2) is 34.3. The van der Waals surface area contributed by atoms with Crippen molar-refractivity contribution in [2.75, 3.05) is 21.3 Å². The lowest BCUT2D eigenvalue weighted by Gasteiger charge is -2.63. The summed E-state index contributed by atoms with van der Waals surface area (Å²) in [4.78, 5) is 71.6. The third kappa shape index (κ3) is 16.3. The number of aliphatic carboxylic acids is 1. The van der Waals surface area contributed by atoms with E-state index in [4.69, 9.17) is 19.3 Å². The molecule has 16 aliphatic rings. The molecule has 12 nitrogen and oxygen atoms in total. The lowest BCUT2D eigenvalue weighted by molar-refractivity contribution is -0.252. The zero-order chi connectivity index (χ0) is 86.9. The quantitative estimate of drug-likeness (QED) is 0.0754. The van der Waals surface area contributed by atoms with Crippen molar-refractivity contribution in [2.45, 2.75) is 376 Å². The molecule has 0 saturated heterocycles. The number of alkyl halides is 8. The number of Topliss-reactive ketones (excluding diaryl/α,β-unsaturated/α-hetero) is 2. The van der Waals surface area contributed by atoms with E-state index in [9.17, 15) is 56.5 Å². The molecule has 0 aromatic rings. The van der Waals surface area contributed by atoms with Crippen LogP contribution in [0.3, 0.4) is 0 Å². The average Bonchev–Trinajstić information content (AvgIpc) is 1.70. The summed E-state index contributed by atoms with van der Waals surface area (Å²) >= 11 is 0. The molecule has 0 amide bonds. The number of hydrogen-bond acceptors (Lipinski definition) is 11. The number of hydrogen-bond donors (Lipinski definition) is 3. The second-order valence-corrected chi connectivity index (χ2v) is 45.8. The molecule has 16 saturated carbocycles. The van der Waals surface area contributed by atoms with Crippen LogP contribution in [0.4, 0.5) is 35.1 Å². The third-order valence-corrected chi connectivity index (χ3v) is 41.5. The molecule has 34 atom stereocenters. The zero-order valence-corrected chi connectivity index (χ0v) is 75.3. The fourth-order valence-corrected chi connectivity index (χ4v) is 34.4. The lowest BCUT2D eigenvalue weighted by atomic mass is 9.43. The van der Waals surface area contributed by atoms with Gasteiger partial charge < -0.3 is 29.5 Å². The van der Waals surface area contributed by atoms with E-state index < -0.39 is 51.3 Å². The van der Waals surface area contributed by atoms with Crippen LogP contribution in [0.25, 0.3) is 0 Å². The highest BCUT2D eigenvalue weighted by Crippen LogP contribution is 2.77. The highest BCUT2D eigenvalue weighted by Gasteiger charge is 2.75. The predicted molar refractivity (Wildman–Crippen MR) is 441 cm³/mol. The number of ketones is 2. The number of aliphatic hydroxyl groups is 2. The number of methoxy groups -OCH3 is 3. The Balaban J connectivity index is 0.000000137. The largest absolute Gasteiger partial charge is 0.481 e. The molecule has 16 rings (SSSR count). The minimum Gasteiger partial charge on any atom is -0.481 e. The number of carboxylic acids is 1. The second-order valence-electron chi connectivity index (χ2n) is 45.8. The van der Waals surface area contributed by atoms with Gasteiger partial charge in [-0.05, 0) is 342 Å². The molecule has 0 heterocycles. The summed E-state index contributed by atoms with van der Waals surface area (Å²) in [6.07, 6.45) is 26.0. The van der Waals surface area contributed by atoms with Crippen LogP contribution in [0, 0.1) is 185 Å². The average molecular weight is 1690 g/mol. The van der Waals surface area contributed by atoms with E-state index in [0.717, 1.165) is 128 Å². The number of carboxylic acid groups (broad SMARTS) is 1. The molecule has 4 unspecified atom stereocenters. The molecule has 0 bridgehead atoms. The molecule has 119 heavy (non-hydrogen) atoms. The number of ether oxygens (including phenoxy) is 3. The molecular weight excluding hydrogens is 1530 g/mol. The molecule has 0 aliphatic heterocycles. The Morgan fingerprint density at radius 2 is 0.773 bits per heavy atom. The maximum atomic E-state index is 16.0. The van der Waals surface area contributed by atoms with Crippen LogP contribution < -0.4 is 0 Å². The Labute approximate surface area is 707 Å². The molecule has 3 N–H and O–H groups in total. The van der Waals surface area contributed by atoms with Crippen molar-refractivity contribution in [3.05, 3.63) is 0 Å². The number of fused-ring (bicyclic) bond motifs is 20. The van der Waals surface area contributed by atoms with E-state index in [0.29, 0.717) is 133 Å². The summed E-state index contributed by atoms with van der Waals surface area (Å²) in [5, 5.41) is 30.8. The number of carbonyl (C=O) groups excluding carboxylic acids is 5.